The number of aryl methyl sites for hydroxylation is 1. The van der Waals surface area contributed by atoms with Crippen molar-refractivity contribution in [2.75, 3.05) is 5.32 Å². The minimum absolute atomic E-state index is 0.169. The third-order valence-electron chi connectivity index (χ3n) is 4.16. The highest BCUT2D eigenvalue weighted by atomic mass is 19.1. The lowest BCUT2D eigenvalue weighted by Gasteiger charge is -2.22. The van der Waals surface area contributed by atoms with E-state index in [2.05, 4.69) is 11.4 Å². The fraction of sp³-hybridized carbons (Fsp3) is 0.316. The van der Waals surface area contributed by atoms with E-state index in [4.69, 9.17) is 4.74 Å². The van der Waals surface area contributed by atoms with Crippen molar-refractivity contribution < 1.29 is 13.9 Å². The Balaban J connectivity index is 1.71. The Kier molecular flexibility index (Phi) is 4.60. The Bertz CT molecular complexity index is 714. The normalized spacial score (nSPS) is 14.7. The second-order valence-corrected chi connectivity index (χ2v) is 5.83. The predicted molar refractivity (Wildman–Crippen MR) is 88.2 cm³/mol. The number of nitrogens with one attached hydrogen (secondary N) is 1. The van der Waals surface area contributed by atoms with E-state index in [0.29, 0.717) is 0 Å². The Hall–Kier alpha value is -2.36. The minimum atomic E-state index is -0.692. The second kappa shape index (κ2) is 6.82. The van der Waals surface area contributed by atoms with Crippen LogP contribution in [0.5, 0.6) is 5.75 Å². The van der Waals surface area contributed by atoms with Crippen LogP contribution in [-0.2, 0) is 17.6 Å². The summed E-state index contributed by atoms with van der Waals surface area (Å²) in [4.78, 5) is 12.2. The number of halogens is 1. The number of amides is 1. The molecule has 0 saturated heterocycles. The van der Waals surface area contributed by atoms with Crippen molar-refractivity contribution >= 4 is 11.6 Å². The van der Waals surface area contributed by atoms with Crippen LogP contribution in [0.2, 0.25) is 0 Å². The smallest absolute Gasteiger partial charge is 0.265 e. The van der Waals surface area contributed by atoms with Crippen LogP contribution in [0.4, 0.5) is 10.1 Å². The quantitative estimate of drug-likeness (QED) is 0.922. The zero-order chi connectivity index (χ0) is 16.2. The molecule has 0 saturated carbocycles. The fourth-order valence-corrected chi connectivity index (χ4v) is 2.90. The summed E-state index contributed by atoms with van der Waals surface area (Å²) in [7, 11) is 0. The van der Waals surface area contributed by atoms with E-state index in [1.54, 1.807) is 19.1 Å². The van der Waals surface area contributed by atoms with E-state index in [1.807, 2.05) is 12.1 Å². The number of carbonyl (C=O) groups is 1. The van der Waals surface area contributed by atoms with Crippen molar-refractivity contribution in [2.24, 2.45) is 0 Å². The van der Waals surface area contributed by atoms with Crippen LogP contribution in [0.3, 0.4) is 0 Å². The van der Waals surface area contributed by atoms with Crippen molar-refractivity contribution in [1.29, 1.82) is 0 Å². The number of benzene rings is 2. The molecule has 0 fully saturated rings. The highest BCUT2D eigenvalue weighted by molar-refractivity contribution is 5.94. The van der Waals surface area contributed by atoms with Crippen molar-refractivity contribution in [3.8, 4) is 5.75 Å². The first-order valence-corrected chi connectivity index (χ1v) is 7.98. The number of rotatable bonds is 4. The molecule has 1 aliphatic carbocycles. The van der Waals surface area contributed by atoms with E-state index in [9.17, 15) is 9.18 Å². The summed E-state index contributed by atoms with van der Waals surface area (Å²) in [5, 5.41) is 2.57. The van der Waals surface area contributed by atoms with Gasteiger partial charge in [-0.3, -0.25) is 4.79 Å². The Morgan fingerprint density at radius 3 is 2.74 bits per heavy atom. The third-order valence-corrected chi connectivity index (χ3v) is 4.16. The van der Waals surface area contributed by atoms with Gasteiger partial charge in [0.2, 0.25) is 0 Å². The van der Waals surface area contributed by atoms with Gasteiger partial charge in [-0.1, -0.05) is 24.3 Å². The average molecular weight is 313 g/mol. The largest absolute Gasteiger partial charge is 0.481 e. The molecule has 1 aliphatic rings. The maximum atomic E-state index is 13.6. The second-order valence-electron chi connectivity index (χ2n) is 5.83. The van der Waals surface area contributed by atoms with Gasteiger partial charge in [0.1, 0.15) is 11.6 Å². The molecular formula is C19H20FNO2. The average Bonchev–Trinajstić information content (AvgIpc) is 2.57. The number of fused-ring (bicyclic) bond motifs is 1. The number of hydrogen-bond acceptors (Lipinski definition) is 2. The number of anilines is 1. The zero-order valence-electron chi connectivity index (χ0n) is 13.1. The molecule has 2 aromatic rings. The highest BCUT2D eigenvalue weighted by Crippen LogP contribution is 2.30. The molecule has 0 aromatic heterocycles. The predicted octanol–water partition coefficient (Wildman–Crippen LogP) is 4.11. The third kappa shape index (κ3) is 3.52. The summed E-state index contributed by atoms with van der Waals surface area (Å²) >= 11 is 0. The number of carbonyl (C=O) groups excluding carboxylic acids is 1. The van der Waals surface area contributed by atoms with Crippen LogP contribution < -0.4 is 10.1 Å². The molecule has 3 nitrogen and oxygen atoms in total. The molecule has 0 aliphatic heterocycles. The fourth-order valence-electron chi connectivity index (χ4n) is 2.90. The molecule has 4 heteroatoms. The van der Waals surface area contributed by atoms with Crippen molar-refractivity contribution in [3.05, 3.63) is 59.4 Å². The first kappa shape index (κ1) is 15.5. The summed E-state index contributed by atoms with van der Waals surface area (Å²) in [6, 6.07) is 12.1. The molecule has 3 rings (SSSR count). The van der Waals surface area contributed by atoms with Gasteiger partial charge in [-0.05, 0) is 61.9 Å². The highest BCUT2D eigenvalue weighted by Gasteiger charge is 2.20. The van der Waals surface area contributed by atoms with Crippen LogP contribution in [-0.4, -0.2) is 12.0 Å². The van der Waals surface area contributed by atoms with E-state index in [0.717, 1.165) is 25.0 Å². The van der Waals surface area contributed by atoms with E-state index in [1.165, 1.54) is 29.7 Å². The standard InChI is InChI=1S/C19H20FNO2/c1-13(19(22)21-17-11-5-4-10-16(17)20)23-18-12-6-8-14-7-2-3-9-15(14)18/h4-6,8,10-13H,2-3,7,9H2,1H3,(H,21,22)/t13-/m1/s1. The van der Waals surface area contributed by atoms with Gasteiger partial charge >= 0.3 is 0 Å². The molecule has 0 spiro atoms. The van der Waals surface area contributed by atoms with Crippen LogP contribution >= 0.6 is 0 Å². The molecule has 1 atom stereocenters. The van der Waals surface area contributed by atoms with E-state index in [-0.39, 0.29) is 11.6 Å². The summed E-state index contributed by atoms with van der Waals surface area (Å²) < 4.78 is 19.5. The van der Waals surface area contributed by atoms with Gasteiger partial charge in [0.15, 0.2) is 6.10 Å². The lowest BCUT2D eigenvalue weighted by Crippen LogP contribution is -2.31. The molecule has 1 amide bonds. The topological polar surface area (TPSA) is 38.3 Å². The molecule has 1 N–H and O–H groups in total. The van der Waals surface area contributed by atoms with Crippen LogP contribution in [0.25, 0.3) is 0 Å². The maximum Gasteiger partial charge on any atom is 0.265 e. The Labute approximate surface area is 135 Å². The first-order chi connectivity index (χ1) is 11.1. The summed E-state index contributed by atoms with van der Waals surface area (Å²) in [5.41, 5.74) is 2.67. The molecule has 23 heavy (non-hydrogen) atoms. The Morgan fingerprint density at radius 1 is 1.13 bits per heavy atom. The van der Waals surface area contributed by atoms with Crippen molar-refractivity contribution in [1.82, 2.24) is 0 Å². The van der Waals surface area contributed by atoms with Crippen molar-refractivity contribution in [3.63, 3.8) is 0 Å². The SMILES string of the molecule is C[C@@H](Oc1cccc2c1CCCC2)C(=O)Nc1ccccc1F. The molecule has 0 heterocycles. The van der Waals surface area contributed by atoms with Gasteiger partial charge in [0, 0.05) is 0 Å². The van der Waals surface area contributed by atoms with E-state index < -0.39 is 11.9 Å². The lowest BCUT2D eigenvalue weighted by molar-refractivity contribution is -0.122. The van der Waals surface area contributed by atoms with Gasteiger partial charge in [-0.25, -0.2) is 4.39 Å². The summed E-state index contributed by atoms with van der Waals surface area (Å²) in [6.07, 6.45) is 3.68. The van der Waals surface area contributed by atoms with Crippen LogP contribution in [0.1, 0.15) is 30.9 Å². The van der Waals surface area contributed by atoms with Crippen LogP contribution in [0, 0.1) is 5.82 Å². The summed E-state index contributed by atoms with van der Waals surface area (Å²) in [6.45, 7) is 1.68. The van der Waals surface area contributed by atoms with Gasteiger partial charge in [-0.2, -0.15) is 0 Å². The van der Waals surface area contributed by atoms with Crippen molar-refractivity contribution in [2.45, 2.75) is 38.7 Å². The number of para-hydroxylation sites is 1. The zero-order valence-corrected chi connectivity index (χ0v) is 13.1. The number of ether oxygens (including phenoxy) is 1. The maximum absolute atomic E-state index is 13.6. The molecule has 2 aromatic carbocycles. The first-order valence-electron chi connectivity index (χ1n) is 7.98. The lowest BCUT2D eigenvalue weighted by atomic mass is 9.91. The molecule has 0 bridgehead atoms. The summed E-state index contributed by atoms with van der Waals surface area (Å²) in [5.74, 6) is -0.0490. The van der Waals surface area contributed by atoms with Gasteiger partial charge in [-0.15, -0.1) is 0 Å². The van der Waals surface area contributed by atoms with E-state index >= 15 is 0 Å². The van der Waals surface area contributed by atoms with Gasteiger partial charge in [0.05, 0.1) is 5.69 Å². The van der Waals surface area contributed by atoms with Crippen LogP contribution in [0.15, 0.2) is 42.5 Å². The minimum Gasteiger partial charge on any atom is -0.481 e. The Morgan fingerprint density at radius 2 is 1.91 bits per heavy atom. The molecule has 120 valence electrons. The molecule has 0 unspecified atom stereocenters. The number of hydrogen-bond donors (Lipinski definition) is 1. The van der Waals surface area contributed by atoms with Gasteiger partial charge < -0.3 is 10.1 Å². The molecular weight excluding hydrogens is 293 g/mol. The molecule has 0 radical (unpaired) electrons. The monoisotopic (exact) mass is 313 g/mol. The van der Waals surface area contributed by atoms with Gasteiger partial charge in [0.25, 0.3) is 5.91 Å².